The molecule has 230 valence electrons. The Morgan fingerprint density at radius 1 is 1.02 bits per heavy atom. The van der Waals surface area contributed by atoms with Gasteiger partial charge in [0.2, 0.25) is 23.6 Å². The highest BCUT2D eigenvalue weighted by atomic mass is 16.3. The molecule has 0 saturated carbocycles. The van der Waals surface area contributed by atoms with Crippen molar-refractivity contribution in [2.75, 3.05) is 6.54 Å². The Balaban J connectivity index is 1.39. The first-order valence-electron chi connectivity index (χ1n) is 14.4. The van der Waals surface area contributed by atoms with Crippen LogP contribution in [-0.2, 0) is 27.3 Å². The molecule has 0 aliphatic carbocycles. The number of rotatable bonds is 6. The van der Waals surface area contributed by atoms with Crippen LogP contribution in [0.1, 0.15) is 54.2 Å². The van der Waals surface area contributed by atoms with Gasteiger partial charge in [-0.15, -0.1) is 0 Å². The van der Waals surface area contributed by atoms with E-state index in [0.717, 1.165) is 11.8 Å². The molecule has 0 saturated heterocycles. The molecule has 2 aromatic carbocycles. The number of benzene rings is 2. The number of oxazole rings is 1. The Bertz CT molecular complexity index is 1580. The Kier molecular flexibility index (Phi) is 9.59. The van der Waals surface area contributed by atoms with Crippen molar-refractivity contribution in [1.29, 1.82) is 0 Å². The van der Waals surface area contributed by atoms with E-state index in [4.69, 9.17) is 4.42 Å². The summed E-state index contributed by atoms with van der Waals surface area (Å²) in [6.07, 6.45) is 1.47. The van der Waals surface area contributed by atoms with Gasteiger partial charge >= 0.3 is 0 Å². The fourth-order valence-corrected chi connectivity index (χ4v) is 4.90. The molecule has 0 spiro atoms. The molecule has 4 atom stereocenters. The maximum absolute atomic E-state index is 13.7. The van der Waals surface area contributed by atoms with Gasteiger partial charge in [-0.3, -0.25) is 19.2 Å². The van der Waals surface area contributed by atoms with Gasteiger partial charge in [0.05, 0.1) is 6.10 Å². The molecule has 1 aliphatic heterocycles. The second-order valence-electron chi connectivity index (χ2n) is 10.6. The fourth-order valence-electron chi connectivity index (χ4n) is 4.90. The summed E-state index contributed by atoms with van der Waals surface area (Å²) in [6.45, 7) is 1.44. The maximum Gasteiger partial charge on any atom is 0.273 e. The highest BCUT2D eigenvalue weighted by Crippen LogP contribution is 2.20. The summed E-state index contributed by atoms with van der Waals surface area (Å²) in [6, 6.07) is 13.7. The molecule has 0 fully saturated rings. The standard InChI is InChI=1S/C30H34N8O6/c1-18(39)26-29(43)31-14-8-7-13-22(32-25(40)16-38-36-20-11-5-6-12-21(20)37-38)27(41)33-23(15-19-9-3-2-4-10-19)30-34-24(17-44-30)28(42)35-26/h2-6,9-12,17-18,22-23,26,39H,7-8,13-16H2,1H3,(H,31,43)(H,32,40)(H,33,41)(H,35,42)/t18-,22+,23+,26+/m1/s1. The molecule has 0 radical (unpaired) electrons. The largest absolute Gasteiger partial charge is 0.446 e. The molecule has 14 nitrogen and oxygen atoms in total. The van der Waals surface area contributed by atoms with Gasteiger partial charge in [0.1, 0.15) is 42.0 Å². The number of carbonyl (C=O) groups is 4. The zero-order chi connectivity index (χ0) is 31.1. The lowest BCUT2D eigenvalue weighted by atomic mass is 10.0. The minimum atomic E-state index is -1.21. The zero-order valence-electron chi connectivity index (χ0n) is 24.1. The van der Waals surface area contributed by atoms with Crippen LogP contribution in [0.5, 0.6) is 0 Å². The molecule has 2 aromatic heterocycles. The highest BCUT2D eigenvalue weighted by molar-refractivity contribution is 5.96. The quantitative estimate of drug-likeness (QED) is 0.212. The van der Waals surface area contributed by atoms with E-state index >= 15 is 0 Å². The number of carbonyl (C=O) groups excluding carboxylic acids is 4. The molecule has 44 heavy (non-hydrogen) atoms. The van der Waals surface area contributed by atoms with Crippen molar-refractivity contribution >= 4 is 34.7 Å². The van der Waals surface area contributed by atoms with Crippen LogP contribution in [0, 0.1) is 0 Å². The van der Waals surface area contributed by atoms with Crippen LogP contribution >= 0.6 is 0 Å². The minimum absolute atomic E-state index is 0.0648. The van der Waals surface area contributed by atoms with Crippen LogP contribution in [0.4, 0.5) is 0 Å². The number of aliphatic hydroxyl groups is 1. The smallest absolute Gasteiger partial charge is 0.273 e. The first kappa shape index (κ1) is 30.4. The minimum Gasteiger partial charge on any atom is -0.446 e. The average molecular weight is 603 g/mol. The Morgan fingerprint density at radius 2 is 1.73 bits per heavy atom. The second kappa shape index (κ2) is 13.9. The molecule has 2 bridgehead atoms. The summed E-state index contributed by atoms with van der Waals surface area (Å²) in [5.74, 6) is -2.14. The first-order chi connectivity index (χ1) is 21.3. The van der Waals surface area contributed by atoms with Gasteiger partial charge in [0.15, 0.2) is 5.69 Å². The van der Waals surface area contributed by atoms with E-state index in [1.54, 1.807) is 12.1 Å². The SMILES string of the molecule is C[C@@H](O)[C@@H]1NC(=O)c2coc(n2)[C@H](Cc2ccccc2)NC(=O)[C@@H](NC(=O)Cn2nc3ccccc3n2)CCCCNC1=O. The second-order valence-corrected chi connectivity index (χ2v) is 10.6. The summed E-state index contributed by atoms with van der Waals surface area (Å²) in [7, 11) is 0. The van der Waals surface area contributed by atoms with Crippen molar-refractivity contribution in [2.45, 2.75) is 63.4 Å². The average Bonchev–Trinajstić information content (AvgIpc) is 3.66. The van der Waals surface area contributed by atoms with Gasteiger partial charge < -0.3 is 30.8 Å². The van der Waals surface area contributed by atoms with Crippen molar-refractivity contribution < 1.29 is 28.7 Å². The molecule has 3 heterocycles. The number of hydrogen-bond donors (Lipinski definition) is 5. The molecule has 4 amide bonds. The summed E-state index contributed by atoms with van der Waals surface area (Å²) in [5.41, 5.74) is 2.04. The molecule has 14 heteroatoms. The zero-order valence-corrected chi connectivity index (χ0v) is 24.1. The number of nitrogens with zero attached hydrogens (tertiary/aromatic N) is 4. The maximum atomic E-state index is 13.7. The molecule has 4 aromatic rings. The predicted molar refractivity (Wildman–Crippen MR) is 157 cm³/mol. The molecule has 5 rings (SSSR count). The van der Waals surface area contributed by atoms with Crippen LogP contribution < -0.4 is 21.3 Å². The third-order valence-corrected chi connectivity index (χ3v) is 7.19. The van der Waals surface area contributed by atoms with Gasteiger partial charge in [-0.1, -0.05) is 42.5 Å². The lowest BCUT2D eigenvalue weighted by Crippen LogP contribution is -2.52. The highest BCUT2D eigenvalue weighted by Gasteiger charge is 2.30. The van der Waals surface area contributed by atoms with Crippen LogP contribution in [0.25, 0.3) is 11.0 Å². The summed E-state index contributed by atoms with van der Waals surface area (Å²) >= 11 is 0. The van der Waals surface area contributed by atoms with Crippen LogP contribution in [0.15, 0.2) is 65.3 Å². The molecule has 1 aliphatic rings. The van der Waals surface area contributed by atoms with E-state index in [2.05, 4.69) is 36.4 Å². The lowest BCUT2D eigenvalue weighted by Gasteiger charge is -2.23. The van der Waals surface area contributed by atoms with Crippen LogP contribution in [-0.4, -0.2) is 73.4 Å². The van der Waals surface area contributed by atoms with Gasteiger partial charge in [0.25, 0.3) is 5.91 Å². The van der Waals surface area contributed by atoms with E-state index in [0.29, 0.717) is 23.9 Å². The normalized spacial score (nSPS) is 20.8. The first-order valence-corrected chi connectivity index (χ1v) is 14.4. The van der Waals surface area contributed by atoms with Crippen LogP contribution in [0.2, 0.25) is 0 Å². The molecular weight excluding hydrogens is 568 g/mol. The Morgan fingerprint density at radius 3 is 2.43 bits per heavy atom. The number of nitrogens with one attached hydrogen (secondary N) is 4. The van der Waals surface area contributed by atoms with E-state index < -0.39 is 47.9 Å². The van der Waals surface area contributed by atoms with Gasteiger partial charge in [0, 0.05) is 13.0 Å². The van der Waals surface area contributed by atoms with Gasteiger partial charge in [-0.2, -0.15) is 15.0 Å². The van der Waals surface area contributed by atoms with Crippen molar-refractivity contribution in [1.82, 2.24) is 41.2 Å². The van der Waals surface area contributed by atoms with Crippen molar-refractivity contribution in [3.8, 4) is 0 Å². The van der Waals surface area contributed by atoms with Crippen LogP contribution in [0.3, 0.4) is 0 Å². The number of aliphatic hydroxyl groups excluding tert-OH is 1. The predicted octanol–water partition coefficient (Wildman–Crippen LogP) is 0.784. The van der Waals surface area contributed by atoms with E-state index in [-0.39, 0.29) is 37.5 Å². The summed E-state index contributed by atoms with van der Waals surface area (Å²) in [4.78, 5) is 58.0. The molecule has 0 unspecified atom stereocenters. The number of hydrogen-bond acceptors (Lipinski definition) is 9. The number of fused-ring (bicyclic) bond motifs is 3. The fraction of sp³-hybridized carbons (Fsp3) is 0.367. The number of aromatic nitrogens is 4. The Hall–Kier alpha value is -5.11. The van der Waals surface area contributed by atoms with Gasteiger partial charge in [-0.05, 0) is 43.9 Å². The van der Waals surface area contributed by atoms with Crippen molar-refractivity contribution in [2.24, 2.45) is 0 Å². The summed E-state index contributed by atoms with van der Waals surface area (Å²) in [5, 5.41) is 29.7. The monoisotopic (exact) mass is 602 g/mol. The topological polar surface area (TPSA) is 193 Å². The third-order valence-electron chi connectivity index (χ3n) is 7.19. The lowest BCUT2D eigenvalue weighted by molar-refractivity contribution is -0.130. The number of amides is 4. The van der Waals surface area contributed by atoms with Crippen molar-refractivity contribution in [3.05, 3.63) is 78.0 Å². The molecule has 5 N–H and O–H groups in total. The van der Waals surface area contributed by atoms with E-state index in [1.807, 2.05) is 42.5 Å². The van der Waals surface area contributed by atoms with Crippen molar-refractivity contribution in [3.63, 3.8) is 0 Å². The van der Waals surface area contributed by atoms with Gasteiger partial charge in [-0.25, -0.2) is 4.98 Å². The van der Waals surface area contributed by atoms with E-state index in [1.165, 1.54) is 11.7 Å². The van der Waals surface area contributed by atoms with E-state index in [9.17, 15) is 24.3 Å². The molecular formula is C30H34N8O6. The Labute approximate surface area is 252 Å². The summed E-state index contributed by atoms with van der Waals surface area (Å²) < 4.78 is 5.63. The third kappa shape index (κ3) is 7.64.